The van der Waals surface area contributed by atoms with Gasteiger partial charge in [0.1, 0.15) is 11.4 Å². The Bertz CT molecular complexity index is 697. The van der Waals surface area contributed by atoms with Crippen LogP contribution in [0.3, 0.4) is 0 Å². The van der Waals surface area contributed by atoms with Crippen molar-refractivity contribution >= 4 is 35.1 Å². The first-order chi connectivity index (χ1) is 11.0. The molecule has 0 aromatic heterocycles. The van der Waals surface area contributed by atoms with Gasteiger partial charge in [0.05, 0.1) is 0 Å². The molecule has 0 aliphatic carbocycles. The van der Waals surface area contributed by atoms with E-state index in [1.807, 2.05) is 0 Å². The van der Waals surface area contributed by atoms with E-state index in [9.17, 15) is 27.2 Å². The van der Waals surface area contributed by atoms with Crippen molar-refractivity contribution in [2.24, 2.45) is 9.98 Å². The summed E-state index contributed by atoms with van der Waals surface area (Å²) in [6.07, 6.45) is 0. The van der Waals surface area contributed by atoms with Crippen LogP contribution in [0.25, 0.3) is 0 Å². The number of benzene rings is 1. The van der Waals surface area contributed by atoms with Gasteiger partial charge in [-0.1, -0.05) is 0 Å². The number of aliphatic imine (C=N–C) groups is 2. The van der Waals surface area contributed by atoms with E-state index >= 15 is 0 Å². The number of ether oxygens (including phenoxy) is 2. The second kappa shape index (κ2) is 7.66. The van der Waals surface area contributed by atoms with Gasteiger partial charge in [-0.25, -0.2) is 27.5 Å². The summed E-state index contributed by atoms with van der Waals surface area (Å²) in [4.78, 5) is 28.4. The van der Waals surface area contributed by atoms with Crippen LogP contribution in [0.2, 0.25) is 0 Å². The fourth-order valence-corrected chi connectivity index (χ4v) is 1.59. The molecule has 0 atom stereocenters. The molecule has 24 heavy (non-hydrogen) atoms. The number of carbonyl (C=O) groups excluding carboxylic acids is 2. The van der Waals surface area contributed by atoms with Crippen LogP contribution >= 0.6 is 0 Å². The second-order valence-electron chi connectivity index (χ2n) is 4.40. The maximum atomic E-state index is 13.9. The lowest BCUT2D eigenvalue weighted by Gasteiger charge is -2.09. The van der Waals surface area contributed by atoms with E-state index < -0.39 is 58.4 Å². The molecule has 0 bridgehead atoms. The Labute approximate surface area is 133 Å². The SMILES string of the molecule is CC(=O)OC(C)=Nc1c(F)c(F)c(F)c(F)c1N=C(C)OC(C)=O. The lowest BCUT2D eigenvalue weighted by molar-refractivity contribution is -0.134. The van der Waals surface area contributed by atoms with Gasteiger partial charge in [-0.05, 0) is 0 Å². The number of rotatable bonds is 2. The molecular weight excluding hydrogens is 336 g/mol. The Morgan fingerprint density at radius 1 is 0.667 bits per heavy atom. The summed E-state index contributed by atoms with van der Waals surface area (Å²) >= 11 is 0. The highest BCUT2D eigenvalue weighted by Gasteiger charge is 2.26. The van der Waals surface area contributed by atoms with E-state index in [4.69, 9.17) is 0 Å². The van der Waals surface area contributed by atoms with Crippen molar-refractivity contribution in [1.29, 1.82) is 0 Å². The van der Waals surface area contributed by atoms with Crippen LogP contribution in [0, 0.1) is 23.3 Å². The first-order valence-electron chi connectivity index (χ1n) is 6.38. The molecule has 1 aromatic carbocycles. The quantitative estimate of drug-likeness (QED) is 0.205. The van der Waals surface area contributed by atoms with Gasteiger partial charge in [0.15, 0.2) is 35.1 Å². The molecule has 0 aliphatic heterocycles. The molecule has 0 heterocycles. The number of carbonyl (C=O) groups is 2. The van der Waals surface area contributed by atoms with Gasteiger partial charge in [-0.2, -0.15) is 0 Å². The zero-order chi connectivity index (χ0) is 18.6. The first-order valence-corrected chi connectivity index (χ1v) is 6.38. The molecule has 0 aliphatic rings. The van der Waals surface area contributed by atoms with Crippen molar-refractivity contribution in [3.63, 3.8) is 0 Å². The minimum Gasteiger partial charge on any atom is -0.412 e. The average molecular weight is 348 g/mol. The number of hydrogen-bond acceptors (Lipinski definition) is 6. The molecule has 6 nitrogen and oxygen atoms in total. The molecule has 0 unspecified atom stereocenters. The third-order valence-electron chi connectivity index (χ3n) is 2.34. The summed E-state index contributed by atoms with van der Waals surface area (Å²) < 4.78 is 63.6. The van der Waals surface area contributed by atoms with Crippen LogP contribution in [0.5, 0.6) is 0 Å². The molecule has 1 rings (SSSR count). The zero-order valence-electron chi connectivity index (χ0n) is 13.0. The molecular formula is C14H12F4N2O4. The normalized spacial score (nSPS) is 12.2. The fourth-order valence-electron chi connectivity index (χ4n) is 1.59. The lowest BCUT2D eigenvalue weighted by atomic mass is 10.2. The average Bonchev–Trinajstić information content (AvgIpc) is 2.44. The van der Waals surface area contributed by atoms with E-state index in [0.717, 1.165) is 27.7 Å². The minimum absolute atomic E-state index is 0.464. The van der Waals surface area contributed by atoms with Crippen molar-refractivity contribution in [3.8, 4) is 0 Å². The predicted octanol–water partition coefficient (Wildman–Crippen LogP) is 3.47. The number of nitrogens with zero attached hydrogens (tertiary/aromatic N) is 2. The van der Waals surface area contributed by atoms with E-state index in [0.29, 0.717) is 0 Å². The van der Waals surface area contributed by atoms with Crippen LogP contribution in [0.4, 0.5) is 28.9 Å². The van der Waals surface area contributed by atoms with E-state index in [2.05, 4.69) is 19.5 Å². The molecule has 0 spiro atoms. The van der Waals surface area contributed by atoms with Gasteiger partial charge < -0.3 is 9.47 Å². The van der Waals surface area contributed by atoms with Gasteiger partial charge in [-0.15, -0.1) is 0 Å². The van der Waals surface area contributed by atoms with Crippen LogP contribution in [0.1, 0.15) is 27.7 Å². The molecule has 1 aromatic rings. The minimum atomic E-state index is -2.12. The van der Waals surface area contributed by atoms with Gasteiger partial charge in [-0.3, -0.25) is 9.59 Å². The maximum Gasteiger partial charge on any atom is 0.309 e. The van der Waals surface area contributed by atoms with E-state index in [-0.39, 0.29) is 0 Å². The smallest absolute Gasteiger partial charge is 0.309 e. The molecule has 10 heteroatoms. The summed E-state index contributed by atoms with van der Waals surface area (Å²) in [7, 11) is 0. The number of halogens is 4. The third kappa shape index (κ3) is 4.61. The van der Waals surface area contributed by atoms with Crippen molar-refractivity contribution in [2.75, 3.05) is 0 Å². The summed E-state index contributed by atoms with van der Waals surface area (Å²) in [6, 6.07) is 0. The molecule has 0 radical (unpaired) electrons. The number of esters is 2. The van der Waals surface area contributed by atoms with Crippen LogP contribution < -0.4 is 0 Å². The Balaban J connectivity index is 3.61. The van der Waals surface area contributed by atoms with E-state index in [1.54, 1.807) is 0 Å². The standard InChI is InChI=1S/C14H12F4N2O4/c1-5(23-7(3)21)19-13-11(17)9(15)10(16)12(18)14(13)20-6(2)24-8(4)22/h1-4H3. The van der Waals surface area contributed by atoms with Crippen molar-refractivity contribution in [1.82, 2.24) is 0 Å². The largest absolute Gasteiger partial charge is 0.412 e. The topological polar surface area (TPSA) is 77.3 Å². The lowest BCUT2D eigenvalue weighted by Crippen LogP contribution is -2.07. The van der Waals surface area contributed by atoms with Gasteiger partial charge in [0, 0.05) is 27.7 Å². The van der Waals surface area contributed by atoms with Crippen LogP contribution in [0.15, 0.2) is 9.98 Å². The van der Waals surface area contributed by atoms with Crippen molar-refractivity contribution < 1.29 is 36.6 Å². The van der Waals surface area contributed by atoms with Gasteiger partial charge in [0.25, 0.3) is 0 Å². The zero-order valence-corrected chi connectivity index (χ0v) is 13.0. The maximum absolute atomic E-state index is 13.9. The fraction of sp³-hybridized carbons (Fsp3) is 0.286. The molecule has 0 saturated heterocycles. The first kappa shape index (κ1) is 19.3. The van der Waals surface area contributed by atoms with Crippen molar-refractivity contribution in [2.45, 2.75) is 27.7 Å². The Kier molecular flexibility index (Phi) is 6.15. The van der Waals surface area contributed by atoms with Crippen LogP contribution in [-0.2, 0) is 19.1 Å². The summed E-state index contributed by atoms with van der Waals surface area (Å²) in [5.74, 6) is -10.5. The highest BCUT2D eigenvalue weighted by atomic mass is 19.2. The van der Waals surface area contributed by atoms with E-state index in [1.165, 1.54) is 0 Å². The molecule has 0 amide bonds. The monoisotopic (exact) mass is 348 g/mol. The molecule has 0 fully saturated rings. The highest BCUT2D eigenvalue weighted by molar-refractivity contribution is 5.91. The third-order valence-corrected chi connectivity index (χ3v) is 2.34. The van der Waals surface area contributed by atoms with Crippen LogP contribution in [-0.4, -0.2) is 23.7 Å². The molecule has 0 N–H and O–H groups in total. The summed E-state index contributed by atoms with van der Waals surface area (Å²) in [6.45, 7) is 4.25. The number of hydrogen-bond donors (Lipinski definition) is 0. The highest BCUT2D eigenvalue weighted by Crippen LogP contribution is 2.37. The molecule has 130 valence electrons. The Morgan fingerprint density at radius 2 is 0.958 bits per heavy atom. The van der Waals surface area contributed by atoms with Gasteiger partial charge in [0.2, 0.25) is 0 Å². The molecule has 0 saturated carbocycles. The summed E-state index contributed by atoms with van der Waals surface area (Å²) in [5.41, 5.74) is -2.12. The van der Waals surface area contributed by atoms with Gasteiger partial charge >= 0.3 is 11.9 Å². The Hall–Kier alpha value is -2.78. The van der Waals surface area contributed by atoms with Crippen molar-refractivity contribution in [3.05, 3.63) is 23.3 Å². The second-order valence-corrected chi connectivity index (χ2v) is 4.40. The predicted molar refractivity (Wildman–Crippen MR) is 75.3 cm³/mol. The summed E-state index contributed by atoms with van der Waals surface area (Å²) in [5, 5.41) is 0. The Morgan fingerprint density at radius 3 is 1.21 bits per heavy atom.